The lowest BCUT2D eigenvalue weighted by molar-refractivity contribution is 0.356. The molecule has 1 rings (SSSR count). The maximum atomic E-state index is 12.0. The quantitative estimate of drug-likeness (QED) is 0.816. The highest BCUT2D eigenvalue weighted by atomic mass is 32.2. The number of likely N-dealkylation sites (N-methyl/N-ethyl adjacent to an activating group) is 1. The molecule has 4 nitrogen and oxygen atoms in total. The lowest BCUT2D eigenvalue weighted by Gasteiger charge is -2.27. The van der Waals surface area contributed by atoms with E-state index in [9.17, 15) is 8.42 Å². The largest absolute Gasteiger partial charge is 0.281 e. The average molecular weight is 270 g/mol. The summed E-state index contributed by atoms with van der Waals surface area (Å²) in [6.07, 6.45) is 0.712. The molecule has 0 N–H and O–H groups in total. The zero-order valence-electron chi connectivity index (χ0n) is 11.7. The van der Waals surface area contributed by atoms with Crippen LogP contribution in [-0.4, -0.2) is 44.2 Å². The maximum absolute atomic E-state index is 12.0. The van der Waals surface area contributed by atoms with Crippen molar-refractivity contribution in [1.29, 1.82) is 0 Å². The van der Waals surface area contributed by atoms with Crippen molar-refractivity contribution >= 4 is 10.2 Å². The van der Waals surface area contributed by atoms with E-state index in [1.54, 1.807) is 21.1 Å². The van der Waals surface area contributed by atoms with Gasteiger partial charge in [0.2, 0.25) is 0 Å². The Labute approximate surface area is 110 Å². The van der Waals surface area contributed by atoms with Crippen LogP contribution in [0.15, 0.2) is 24.3 Å². The van der Waals surface area contributed by atoms with Crippen molar-refractivity contribution in [1.82, 2.24) is 8.61 Å². The normalized spacial score (nSPS) is 14.2. The van der Waals surface area contributed by atoms with E-state index < -0.39 is 10.2 Å². The molecule has 0 aromatic heterocycles. The third kappa shape index (κ3) is 3.54. The predicted molar refractivity (Wildman–Crippen MR) is 74.7 cm³/mol. The summed E-state index contributed by atoms with van der Waals surface area (Å²) in [5.41, 5.74) is 2.36. The zero-order valence-corrected chi connectivity index (χ0v) is 12.5. The molecule has 0 amide bonds. The van der Waals surface area contributed by atoms with Crippen LogP contribution in [0.5, 0.6) is 0 Å². The lowest BCUT2D eigenvalue weighted by atomic mass is 10.1. The molecule has 1 atom stereocenters. The molecule has 0 saturated heterocycles. The van der Waals surface area contributed by atoms with Crippen LogP contribution >= 0.6 is 0 Å². The molecule has 0 bridgehead atoms. The van der Waals surface area contributed by atoms with E-state index in [1.165, 1.54) is 14.2 Å². The molecular weight excluding hydrogens is 248 g/mol. The molecular formula is C13H22N2O2S. The summed E-state index contributed by atoms with van der Waals surface area (Å²) in [6, 6.07) is 8.11. The van der Waals surface area contributed by atoms with Gasteiger partial charge < -0.3 is 0 Å². The van der Waals surface area contributed by atoms with E-state index in [0.29, 0.717) is 6.42 Å². The Morgan fingerprint density at radius 2 is 1.61 bits per heavy atom. The SMILES string of the molecule is Cc1ccc(CC(C)N(C)S(=O)(=O)N(C)C)cc1. The van der Waals surface area contributed by atoms with Gasteiger partial charge >= 0.3 is 0 Å². The number of benzene rings is 1. The third-order valence-electron chi connectivity index (χ3n) is 3.10. The van der Waals surface area contributed by atoms with E-state index in [1.807, 2.05) is 38.1 Å². The summed E-state index contributed by atoms with van der Waals surface area (Å²) in [6.45, 7) is 3.96. The van der Waals surface area contributed by atoms with E-state index in [-0.39, 0.29) is 6.04 Å². The first kappa shape index (κ1) is 15.1. The highest BCUT2D eigenvalue weighted by Gasteiger charge is 2.25. The van der Waals surface area contributed by atoms with Crippen LogP contribution in [0.1, 0.15) is 18.1 Å². The van der Waals surface area contributed by atoms with Crippen LogP contribution in [0, 0.1) is 6.92 Å². The summed E-state index contributed by atoms with van der Waals surface area (Å²) >= 11 is 0. The predicted octanol–water partition coefficient (Wildman–Crippen LogP) is 1.66. The topological polar surface area (TPSA) is 40.6 Å². The smallest absolute Gasteiger partial charge is 0.195 e. The van der Waals surface area contributed by atoms with Crippen molar-refractivity contribution in [2.45, 2.75) is 26.3 Å². The number of nitrogens with zero attached hydrogens (tertiary/aromatic N) is 2. The van der Waals surface area contributed by atoms with Crippen molar-refractivity contribution in [2.75, 3.05) is 21.1 Å². The Kier molecular flexibility index (Phi) is 4.90. The Morgan fingerprint density at radius 3 is 2.06 bits per heavy atom. The molecule has 1 aromatic rings. The van der Waals surface area contributed by atoms with E-state index in [4.69, 9.17) is 0 Å². The molecule has 102 valence electrons. The van der Waals surface area contributed by atoms with Gasteiger partial charge in [0, 0.05) is 27.2 Å². The summed E-state index contributed by atoms with van der Waals surface area (Å²) in [5.74, 6) is 0. The van der Waals surface area contributed by atoms with Crippen molar-refractivity contribution in [3.63, 3.8) is 0 Å². The first-order valence-corrected chi connectivity index (χ1v) is 7.36. The Balaban J connectivity index is 2.77. The molecule has 0 radical (unpaired) electrons. The molecule has 0 heterocycles. The van der Waals surface area contributed by atoms with Gasteiger partial charge in [0.15, 0.2) is 0 Å². The standard InChI is InChI=1S/C13H22N2O2S/c1-11-6-8-13(9-7-11)10-12(2)15(5)18(16,17)14(3)4/h6-9,12H,10H2,1-5H3. The average Bonchev–Trinajstić information content (AvgIpc) is 2.30. The maximum Gasteiger partial charge on any atom is 0.281 e. The minimum Gasteiger partial charge on any atom is -0.195 e. The summed E-state index contributed by atoms with van der Waals surface area (Å²) in [4.78, 5) is 0. The molecule has 18 heavy (non-hydrogen) atoms. The van der Waals surface area contributed by atoms with Crippen molar-refractivity contribution in [3.8, 4) is 0 Å². The van der Waals surface area contributed by atoms with E-state index >= 15 is 0 Å². The molecule has 1 unspecified atom stereocenters. The fourth-order valence-corrected chi connectivity index (χ4v) is 2.72. The van der Waals surface area contributed by atoms with Crippen LogP contribution in [0.25, 0.3) is 0 Å². The van der Waals surface area contributed by atoms with Gasteiger partial charge in [0.25, 0.3) is 10.2 Å². The van der Waals surface area contributed by atoms with Crippen LogP contribution < -0.4 is 0 Å². The van der Waals surface area contributed by atoms with Gasteiger partial charge in [-0.1, -0.05) is 29.8 Å². The van der Waals surface area contributed by atoms with Gasteiger partial charge in [0.1, 0.15) is 0 Å². The Bertz CT molecular complexity index is 480. The Morgan fingerprint density at radius 1 is 1.11 bits per heavy atom. The summed E-state index contributed by atoms with van der Waals surface area (Å²) in [7, 11) is 1.37. The second-order valence-corrected chi connectivity index (χ2v) is 7.05. The number of hydrogen-bond donors (Lipinski definition) is 0. The number of hydrogen-bond acceptors (Lipinski definition) is 2. The summed E-state index contributed by atoms with van der Waals surface area (Å²) in [5, 5.41) is 0. The van der Waals surface area contributed by atoms with Crippen molar-refractivity contribution in [3.05, 3.63) is 35.4 Å². The summed E-state index contributed by atoms with van der Waals surface area (Å²) < 4.78 is 26.6. The molecule has 0 aliphatic heterocycles. The molecule has 0 saturated carbocycles. The number of aryl methyl sites for hydroxylation is 1. The van der Waals surface area contributed by atoms with Gasteiger partial charge in [-0.3, -0.25) is 0 Å². The van der Waals surface area contributed by atoms with Crippen LogP contribution in [0.3, 0.4) is 0 Å². The minimum absolute atomic E-state index is 0.0693. The van der Waals surface area contributed by atoms with Gasteiger partial charge in [0.05, 0.1) is 0 Å². The van der Waals surface area contributed by atoms with E-state index in [0.717, 1.165) is 5.56 Å². The van der Waals surface area contributed by atoms with Crippen LogP contribution in [0.2, 0.25) is 0 Å². The Hall–Kier alpha value is -0.910. The second kappa shape index (κ2) is 5.82. The highest BCUT2D eigenvalue weighted by molar-refractivity contribution is 7.86. The highest BCUT2D eigenvalue weighted by Crippen LogP contribution is 2.13. The van der Waals surface area contributed by atoms with Gasteiger partial charge in [-0.2, -0.15) is 17.0 Å². The van der Waals surface area contributed by atoms with Gasteiger partial charge in [-0.25, -0.2) is 0 Å². The van der Waals surface area contributed by atoms with Crippen LogP contribution in [-0.2, 0) is 16.6 Å². The molecule has 0 aliphatic carbocycles. The third-order valence-corrected chi connectivity index (χ3v) is 5.11. The fraction of sp³-hybridized carbons (Fsp3) is 0.538. The first-order valence-electron chi connectivity index (χ1n) is 5.96. The fourth-order valence-electron chi connectivity index (χ4n) is 1.68. The molecule has 0 aliphatic rings. The second-order valence-electron chi connectivity index (χ2n) is 4.85. The molecule has 1 aromatic carbocycles. The van der Waals surface area contributed by atoms with E-state index in [2.05, 4.69) is 0 Å². The molecule has 0 spiro atoms. The minimum atomic E-state index is -3.34. The van der Waals surface area contributed by atoms with Gasteiger partial charge in [-0.15, -0.1) is 0 Å². The van der Waals surface area contributed by atoms with Crippen molar-refractivity contribution < 1.29 is 8.42 Å². The molecule has 0 fully saturated rings. The van der Waals surface area contributed by atoms with Crippen molar-refractivity contribution in [2.24, 2.45) is 0 Å². The van der Waals surface area contributed by atoms with Gasteiger partial charge in [-0.05, 0) is 25.8 Å². The van der Waals surface area contributed by atoms with Crippen LogP contribution in [0.4, 0.5) is 0 Å². The first-order chi connectivity index (χ1) is 8.25. The lowest BCUT2D eigenvalue weighted by Crippen LogP contribution is -2.43. The molecule has 5 heteroatoms. The zero-order chi connectivity index (χ0) is 13.9. The number of rotatable bonds is 5. The monoisotopic (exact) mass is 270 g/mol.